The van der Waals surface area contributed by atoms with Crippen LogP contribution in [-0.2, 0) is 14.4 Å². The molecule has 3 atom stereocenters. The maximum atomic E-state index is 11.8. The summed E-state index contributed by atoms with van der Waals surface area (Å²) in [5.74, 6) is -2.31. The van der Waals surface area contributed by atoms with E-state index in [4.69, 9.17) is 0 Å². The number of imide groups is 1. The molecule has 17 heavy (non-hydrogen) atoms. The van der Waals surface area contributed by atoms with Crippen LogP contribution in [0, 0.1) is 11.8 Å². The molecule has 3 amide bonds. The fraction of sp³-hybridized carbons (Fsp3) is 0.364. The van der Waals surface area contributed by atoms with E-state index in [0.717, 1.165) is 0 Å². The standard InChI is InChI=1S/C11H10N2O4/c1-13-10(16)6-2-4-5(3-7(6)11(13)17)9(15)12-8(4)14/h2-5,10,16H,1H3,(H,12,14,15). The van der Waals surface area contributed by atoms with Gasteiger partial charge in [-0.3, -0.25) is 19.7 Å². The minimum absolute atomic E-state index is 0.325. The van der Waals surface area contributed by atoms with Gasteiger partial charge < -0.3 is 10.0 Å². The number of nitrogens with one attached hydrogen (secondary N) is 1. The number of rotatable bonds is 0. The Bertz CT molecular complexity index is 520. The Morgan fingerprint density at radius 3 is 2.41 bits per heavy atom. The Morgan fingerprint density at radius 1 is 1.18 bits per heavy atom. The SMILES string of the molecule is CN1C(=O)C2=CC3C(=O)NC(=O)C3C=C2C1O. The minimum atomic E-state index is -1.03. The van der Waals surface area contributed by atoms with Crippen LogP contribution in [0.25, 0.3) is 0 Å². The van der Waals surface area contributed by atoms with Crippen molar-refractivity contribution in [3.05, 3.63) is 23.3 Å². The molecular weight excluding hydrogens is 224 g/mol. The van der Waals surface area contributed by atoms with Crippen molar-refractivity contribution in [1.29, 1.82) is 0 Å². The number of fused-ring (bicyclic) bond motifs is 2. The topological polar surface area (TPSA) is 86.7 Å². The molecule has 3 unspecified atom stereocenters. The minimum Gasteiger partial charge on any atom is -0.369 e. The van der Waals surface area contributed by atoms with Crippen molar-refractivity contribution in [2.75, 3.05) is 7.05 Å². The molecule has 0 aromatic carbocycles. The number of likely N-dealkylation sites (N-methyl/N-ethyl adjacent to an activating group) is 1. The van der Waals surface area contributed by atoms with Crippen LogP contribution in [0.5, 0.6) is 0 Å². The average molecular weight is 234 g/mol. The smallest absolute Gasteiger partial charge is 0.256 e. The van der Waals surface area contributed by atoms with Gasteiger partial charge in [0.2, 0.25) is 11.8 Å². The summed E-state index contributed by atoms with van der Waals surface area (Å²) in [4.78, 5) is 35.9. The van der Waals surface area contributed by atoms with Crippen molar-refractivity contribution >= 4 is 17.7 Å². The number of aliphatic hydroxyl groups excluding tert-OH is 1. The third-order valence-corrected chi connectivity index (χ3v) is 3.45. The quantitative estimate of drug-likeness (QED) is 0.501. The zero-order valence-corrected chi connectivity index (χ0v) is 9.01. The van der Waals surface area contributed by atoms with E-state index in [1.54, 1.807) is 0 Å². The van der Waals surface area contributed by atoms with Gasteiger partial charge in [0.05, 0.1) is 11.8 Å². The second kappa shape index (κ2) is 3.04. The number of aliphatic hydroxyl groups is 1. The second-order valence-corrected chi connectivity index (χ2v) is 4.40. The highest BCUT2D eigenvalue weighted by Gasteiger charge is 2.47. The first kappa shape index (κ1) is 10.2. The molecule has 2 heterocycles. The van der Waals surface area contributed by atoms with E-state index < -0.39 is 18.1 Å². The Hall–Kier alpha value is -1.95. The molecule has 3 aliphatic rings. The predicted molar refractivity (Wildman–Crippen MR) is 55.1 cm³/mol. The Labute approximate surface area is 96.6 Å². The highest BCUT2D eigenvalue weighted by molar-refractivity contribution is 6.10. The van der Waals surface area contributed by atoms with E-state index in [1.807, 2.05) is 0 Å². The van der Waals surface area contributed by atoms with Crippen LogP contribution in [-0.4, -0.2) is 41.0 Å². The summed E-state index contributed by atoms with van der Waals surface area (Å²) in [6.07, 6.45) is 1.97. The third-order valence-electron chi connectivity index (χ3n) is 3.45. The molecule has 3 rings (SSSR count). The van der Waals surface area contributed by atoms with Gasteiger partial charge in [0.15, 0.2) is 6.23 Å². The van der Waals surface area contributed by atoms with Crippen LogP contribution in [0.1, 0.15) is 0 Å². The Balaban J connectivity index is 2.11. The van der Waals surface area contributed by atoms with E-state index in [9.17, 15) is 19.5 Å². The highest BCUT2D eigenvalue weighted by atomic mass is 16.3. The summed E-state index contributed by atoms with van der Waals surface area (Å²) in [6, 6.07) is 0. The van der Waals surface area contributed by atoms with Crippen molar-refractivity contribution in [3.8, 4) is 0 Å². The van der Waals surface area contributed by atoms with E-state index >= 15 is 0 Å². The summed E-state index contributed by atoms with van der Waals surface area (Å²) >= 11 is 0. The predicted octanol–water partition coefficient (Wildman–Crippen LogP) is -1.47. The maximum Gasteiger partial charge on any atom is 0.256 e. The molecule has 88 valence electrons. The van der Waals surface area contributed by atoms with Gasteiger partial charge in [-0.1, -0.05) is 12.2 Å². The van der Waals surface area contributed by atoms with Gasteiger partial charge in [0.1, 0.15) is 0 Å². The first-order valence-corrected chi connectivity index (χ1v) is 5.24. The lowest BCUT2D eigenvalue weighted by molar-refractivity contribution is -0.128. The molecule has 1 aliphatic carbocycles. The first-order chi connectivity index (χ1) is 8.00. The van der Waals surface area contributed by atoms with Crippen molar-refractivity contribution < 1.29 is 19.5 Å². The molecule has 0 radical (unpaired) electrons. The fourth-order valence-electron chi connectivity index (χ4n) is 2.46. The van der Waals surface area contributed by atoms with Crippen LogP contribution in [0.15, 0.2) is 23.3 Å². The zero-order chi connectivity index (χ0) is 12.3. The lowest BCUT2D eigenvalue weighted by atomic mass is 9.84. The number of nitrogens with zero attached hydrogens (tertiary/aromatic N) is 1. The lowest BCUT2D eigenvalue weighted by Gasteiger charge is -2.17. The number of carbonyl (C=O) groups excluding carboxylic acids is 3. The summed E-state index contributed by atoms with van der Waals surface area (Å²) < 4.78 is 0. The molecule has 2 aliphatic heterocycles. The van der Waals surface area contributed by atoms with Crippen LogP contribution >= 0.6 is 0 Å². The number of hydrogen-bond donors (Lipinski definition) is 2. The molecular formula is C11H10N2O4. The van der Waals surface area contributed by atoms with Gasteiger partial charge in [-0.25, -0.2) is 0 Å². The first-order valence-electron chi connectivity index (χ1n) is 5.24. The van der Waals surface area contributed by atoms with Crippen LogP contribution in [0.2, 0.25) is 0 Å². The molecule has 2 fully saturated rings. The summed E-state index contributed by atoms with van der Waals surface area (Å²) in [5, 5.41) is 12.0. The van der Waals surface area contributed by atoms with Crippen LogP contribution in [0.4, 0.5) is 0 Å². The van der Waals surface area contributed by atoms with Gasteiger partial charge in [0.25, 0.3) is 5.91 Å². The number of hydrogen-bond acceptors (Lipinski definition) is 4. The van der Waals surface area contributed by atoms with Gasteiger partial charge in [-0.15, -0.1) is 0 Å². The third kappa shape index (κ3) is 1.15. The molecule has 6 nitrogen and oxygen atoms in total. The molecule has 0 bridgehead atoms. The van der Waals surface area contributed by atoms with Crippen molar-refractivity contribution in [3.63, 3.8) is 0 Å². The van der Waals surface area contributed by atoms with Crippen LogP contribution < -0.4 is 5.32 Å². The summed E-state index contributed by atoms with van der Waals surface area (Å²) in [7, 11) is 1.48. The van der Waals surface area contributed by atoms with Gasteiger partial charge in [0, 0.05) is 18.2 Å². The van der Waals surface area contributed by atoms with E-state index in [0.29, 0.717) is 11.1 Å². The Morgan fingerprint density at radius 2 is 1.76 bits per heavy atom. The molecule has 2 saturated heterocycles. The molecule has 2 N–H and O–H groups in total. The number of amides is 3. The second-order valence-electron chi connectivity index (χ2n) is 4.40. The summed E-state index contributed by atoms with van der Waals surface area (Å²) in [6.45, 7) is 0. The van der Waals surface area contributed by atoms with E-state index in [2.05, 4.69) is 5.32 Å². The summed E-state index contributed by atoms with van der Waals surface area (Å²) in [5.41, 5.74) is 0.745. The van der Waals surface area contributed by atoms with Gasteiger partial charge in [-0.2, -0.15) is 0 Å². The normalized spacial score (nSPS) is 35.3. The molecule has 0 aromatic rings. The van der Waals surface area contributed by atoms with Gasteiger partial charge >= 0.3 is 0 Å². The molecule has 0 saturated carbocycles. The average Bonchev–Trinajstić information content (AvgIpc) is 2.70. The van der Waals surface area contributed by atoms with Crippen molar-refractivity contribution in [1.82, 2.24) is 10.2 Å². The van der Waals surface area contributed by atoms with Crippen molar-refractivity contribution in [2.45, 2.75) is 6.23 Å². The number of carbonyl (C=O) groups is 3. The molecule has 0 spiro atoms. The zero-order valence-electron chi connectivity index (χ0n) is 9.01. The number of likely N-dealkylation sites (tertiary alicyclic amines) is 1. The van der Waals surface area contributed by atoms with Crippen LogP contribution in [0.3, 0.4) is 0 Å². The van der Waals surface area contributed by atoms with E-state index in [-0.39, 0.29) is 17.7 Å². The largest absolute Gasteiger partial charge is 0.369 e. The van der Waals surface area contributed by atoms with Gasteiger partial charge in [-0.05, 0) is 0 Å². The maximum absolute atomic E-state index is 11.8. The monoisotopic (exact) mass is 234 g/mol. The van der Waals surface area contributed by atoms with E-state index in [1.165, 1.54) is 24.1 Å². The lowest BCUT2D eigenvalue weighted by Crippen LogP contribution is -2.29. The molecule has 0 aromatic heterocycles. The fourth-order valence-corrected chi connectivity index (χ4v) is 2.46. The highest BCUT2D eigenvalue weighted by Crippen LogP contribution is 2.37. The Kier molecular flexibility index (Phi) is 1.83. The van der Waals surface area contributed by atoms with Crippen molar-refractivity contribution in [2.24, 2.45) is 11.8 Å². The molecule has 6 heteroatoms.